The predicted octanol–water partition coefficient (Wildman–Crippen LogP) is 4.52. The van der Waals surface area contributed by atoms with E-state index in [2.05, 4.69) is 20.7 Å². The molecule has 0 amide bonds. The van der Waals surface area contributed by atoms with E-state index in [-0.39, 0.29) is 0 Å². The molecule has 0 spiro atoms. The van der Waals surface area contributed by atoms with Crippen LogP contribution in [0.2, 0.25) is 0 Å². The minimum atomic E-state index is 0.477. The van der Waals surface area contributed by atoms with Gasteiger partial charge in [-0.15, -0.1) is 11.3 Å². The average Bonchev–Trinajstić information content (AvgIpc) is 3.16. The fourth-order valence-corrected chi connectivity index (χ4v) is 3.77. The number of fused-ring (bicyclic) bond motifs is 1. The molecule has 0 atom stereocenters. The summed E-state index contributed by atoms with van der Waals surface area (Å²) in [7, 11) is 4.73. The third kappa shape index (κ3) is 3.29. The number of aromatic nitrogens is 3. The van der Waals surface area contributed by atoms with Gasteiger partial charge < -0.3 is 19.5 Å². The van der Waals surface area contributed by atoms with Crippen molar-refractivity contribution in [2.75, 3.05) is 26.6 Å². The topological polar surface area (TPSA) is 78.4 Å². The van der Waals surface area contributed by atoms with Gasteiger partial charge in [-0.3, -0.25) is 4.98 Å². The molecule has 0 aliphatic rings. The van der Waals surface area contributed by atoms with Crippen molar-refractivity contribution in [1.82, 2.24) is 15.0 Å². The summed E-state index contributed by atoms with van der Waals surface area (Å²) in [5.41, 5.74) is 3.66. The molecule has 1 N–H and O–H groups in total. The fourth-order valence-electron chi connectivity index (χ4n) is 2.90. The smallest absolute Gasteiger partial charge is 0.227 e. The Morgan fingerprint density at radius 1 is 1.00 bits per heavy atom. The van der Waals surface area contributed by atoms with E-state index < -0.39 is 0 Å². The third-order valence-electron chi connectivity index (χ3n) is 4.21. The molecule has 3 aromatic heterocycles. The lowest BCUT2D eigenvalue weighted by atomic mass is 10.1. The van der Waals surface area contributed by atoms with Crippen LogP contribution >= 0.6 is 11.3 Å². The first kappa shape index (κ1) is 18.0. The van der Waals surface area contributed by atoms with E-state index in [1.807, 2.05) is 36.7 Å². The number of anilines is 2. The summed E-state index contributed by atoms with van der Waals surface area (Å²) in [6.45, 7) is 0. The van der Waals surface area contributed by atoms with Crippen molar-refractivity contribution in [1.29, 1.82) is 0 Å². The van der Waals surface area contributed by atoms with Crippen LogP contribution in [0.5, 0.6) is 17.2 Å². The molecule has 4 aromatic rings. The molecule has 0 radical (unpaired) electrons. The number of nitrogens with one attached hydrogen (secondary N) is 1. The summed E-state index contributed by atoms with van der Waals surface area (Å²) in [5, 5.41) is 5.29. The molecule has 0 saturated carbocycles. The summed E-state index contributed by atoms with van der Waals surface area (Å²) in [6.07, 6.45) is 5.40. The van der Waals surface area contributed by atoms with Crippen LogP contribution in [-0.4, -0.2) is 36.3 Å². The molecule has 28 heavy (non-hydrogen) atoms. The summed E-state index contributed by atoms with van der Waals surface area (Å²) in [5.74, 6) is 2.11. The highest BCUT2D eigenvalue weighted by Crippen LogP contribution is 2.40. The van der Waals surface area contributed by atoms with Gasteiger partial charge in [0.1, 0.15) is 0 Å². The minimum absolute atomic E-state index is 0.477. The van der Waals surface area contributed by atoms with E-state index in [1.54, 1.807) is 38.9 Å². The number of methoxy groups -OCH3 is 3. The number of pyridine rings is 1. The van der Waals surface area contributed by atoms with Crippen LogP contribution in [0, 0.1) is 0 Å². The van der Waals surface area contributed by atoms with Crippen LogP contribution in [-0.2, 0) is 0 Å². The van der Waals surface area contributed by atoms with Crippen LogP contribution in [0.25, 0.3) is 21.3 Å². The van der Waals surface area contributed by atoms with Crippen LogP contribution in [0.3, 0.4) is 0 Å². The van der Waals surface area contributed by atoms with E-state index in [0.29, 0.717) is 23.2 Å². The fraction of sp³-hybridized carbons (Fsp3) is 0.150. The average molecular weight is 394 g/mol. The van der Waals surface area contributed by atoms with Gasteiger partial charge in [-0.25, -0.2) is 9.97 Å². The maximum Gasteiger partial charge on any atom is 0.227 e. The van der Waals surface area contributed by atoms with Gasteiger partial charge in [-0.2, -0.15) is 0 Å². The number of ether oxygens (including phenoxy) is 3. The van der Waals surface area contributed by atoms with E-state index in [9.17, 15) is 0 Å². The Bertz CT molecular complexity index is 1090. The Morgan fingerprint density at radius 2 is 1.79 bits per heavy atom. The van der Waals surface area contributed by atoms with Gasteiger partial charge in [-0.05, 0) is 6.07 Å². The third-order valence-corrected chi connectivity index (χ3v) is 5.11. The Hall–Kier alpha value is -3.39. The predicted molar refractivity (Wildman–Crippen MR) is 110 cm³/mol. The molecule has 0 unspecified atom stereocenters. The Labute approximate surface area is 166 Å². The lowest BCUT2D eigenvalue weighted by molar-refractivity contribution is 0.324. The molecule has 1 aromatic carbocycles. The van der Waals surface area contributed by atoms with Gasteiger partial charge in [-0.1, -0.05) is 6.07 Å². The zero-order valence-corrected chi connectivity index (χ0v) is 16.4. The van der Waals surface area contributed by atoms with E-state index >= 15 is 0 Å². The summed E-state index contributed by atoms with van der Waals surface area (Å²) in [4.78, 5) is 13.3. The lowest BCUT2D eigenvalue weighted by Gasteiger charge is -2.14. The minimum Gasteiger partial charge on any atom is -0.493 e. The van der Waals surface area contributed by atoms with Gasteiger partial charge in [0, 0.05) is 46.7 Å². The highest BCUT2D eigenvalue weighted by atomic mass is 32.1. The Kier molecular flexibility index (Phi) is 4.94. The Morgan fingerprint density at radius 3 is 2.43 bits per heavy atom. The summed E-state index contributed by atoms with van der Waals surface area (Å²) >= 11 is 1.60. The maximum absolute atomic E-state index is 5.40. The molecule has 0 aliphatic carbocycles. The first-order valence-electron chi connectivity index (χ1n) is 8.45. The number of rotatable bonds is 6. The van der Waals surface area contributed by atoms with Crippen molar-refractivity contribution in [2.24, 2.45) is 0 Å². The lowest BCUT2D eigenvalue weighted by Crippen LogP contribution is -2.00. The van der Waals surface area contributed by atoms with Gasteiger partial charge >= 0.3 is 0 Å². The molecule has 0 bridgehead atoms. The van der Waals surface area contributed by atoms with Crippen molar-refractivity contribution in [2.45, 2.75) is 0 Å². The van der Waals surface area contributed by atoms with E-state index in [0.717, 1.165) is 27.0 Å². The number of nitrogens with zero attached hydrogens (tertiary/aromatic N) is 3. The van der Waals surface area contributed by atoms with Crippen LogP contribution in [0.15, 0.2) is 48.2 Å². The van der Waals surface area contributed by atoms with Crippen molar-refractivity contribution in [3.63, 3.8) is 0 Å². The quantitative estimate of drug-likeness (QED) is 0.515. The Balaban J connectivity index is 1.73. The molecule has 4 rings (SSSR count). The molecule has 3 heterocycles. The standard InChI is InChI=1S/C20H18N4O3S/c1-25-15-7-13(8-16(26-2)19(15)27-3)23-20-22-10-17-18(24-20)14(11-28-17)12-5-4-6-21-9-12/h4-11H,1-3H3,(H,22,23,24). The highest BCUT2D eigenvalue weighted by molar-refractivity contribution is 7.17. The second kappa shape index (κ2) is 7.69. The van der Waals surface area contributed by atoms with Gasteiger partial charge in [0.25, 0.3) is 0 Å². The zero-order chi connectivity index (χ0) is 19.5. The number of thiophene rings is 1. The van der Waals surface area contributed by atoms with Crippen molar-refractivity contribution in [3.05, 3.63) is 48.2 Å². The van der Waals surface area contributed by atoms with Crippen molar-refractivity contribution >= 4 is 33.2 Å². The molecule has 8 heteroatoms. The number of hydrogen-bond donors (Lipinski definition) is 1. The normalized spacial score (nSPS) is 10.7. The second-order valence-electron chi connectivity index (χ2n) is 5.84. The molecule has 0 saturated heterocycles. The highest BCUT2D eigenvalue weighted by Gasteiger charge is 2.15. The molecular formula is C20H18N4O3S. The van der Waals surface area contributed by atoms with Crippen LogP contribution < -0.4 is 19.5 Å². The van der Waals surface area contributed by atoms with Gasteiger partial charge in [0.15, 0.2) is 11.5 Å². The molecule has 7 nitrogen and oxygen atoms in total. The summed E-state index contributed by atoms with van der Waals surface area (Å²) < 4.78 is 17.2. The first-order chi connectivity index (χ1) is 13.7. The van der Waals surface area contributed by atoms with E-state index in [1.165, 1.54) is 0 Å². The molecular weight excluding hydrogens is 376 g/mol. The largest absolute Gasteiger partial charge is 0.493 e. The van der Waals surface area contributed by atoms with Crippen LogP contribution in [0.4, 0.5) is 11.6 Å². The number of benzene rings is 1. The van der Waals surface area contributed by atoms with Crippen LogP contribution in [0.1, 0.15) is 0 Å². The molecule has 142 valence electrons. The van der Waals surface area contributed by atoms with Gasteiger partial charge in [0.05, 0.1) is 37.7 Å². The van der Waals surface area contributed by atoms with Gasteiger partial charge in [0.2, 0.25) is 11.7 Å². The molecule has 0 aliphatic heterocycles. The summed E-state index contributed by atoms with van der Waals surface area (Å²) in [6, 6.07) is 7.55. The zero-order valence-electron chi connectivity index (χ0n) is 15.6. The monoisotopic (exact) mass is 394 g/mol. The molecule has 0 fully saturated rings. The van der Waals surface area contributed by atoms with Crippen molar-refractivity contribution < 1.29 is 14.2 Å². The SMILES string of the molecule is COc1cc(Nc2ncc3scc(-c4cccnc4)c3n2)cc(OC)c1OC. The first-order valence-corrected chi connectivity index (χ1v) is 9.33. The van der Waals surface area contributed by atoms with E-state index in [4.69, 9.17) is 19.2 Å². The number of hydrogen-bond acceptors (Lipinski definition) is 8. The van der Waals surface area contributed by atoms with Crippen molar-refractivity contribution in [3.8, 4) is 28.4 Å². The second-order valence-corrected chi connectivity index (χ2v) is 6.75. The maximum atomic E-state index is 5.40.